The molecule has 31 heavy (non-hydrogen) atoms. The molecule has 0 radical (unpaired) electrons. The van der Waals surface area contributed by atoms with Crippen LogP contribution in [0.3, 0.4) is 0 Å². The summed E-state index contributed by atoms with van der Waals surface area (Å²) >= 11 is 0. The number of aromatic nitrogens is 2. The van der Waals surface area contributed by atoms with Crippen molar-refractivity contribution in [2.45, 2.75) is 19.6 Å². The van der Waals surface area contributed by atoms with Crippen LogP contribution in [-0.2, 0) is 6.61 Å². The lowest BCUT2D eigenvalue weighted by Gasteiger charge is -2.15. The molecule has 2 N–H and O–H groups in total. The second kappa shape index (κ2) is 9.16. The van der Waals surface area contributed by atoms with Gasteiger partial charge in [-0.05, 0) is 31.2 Å². The van der Waals surface area contributed by atoms with E-state index in [2.05, 4.69) is 9.97 Å². The predicted molar refractivity (Wildman–Crippen MR) is 118 cm³/mol. The van der Waals surface area contributed by atoms with Crippen LogP contribution in [0.1, 0.15) is 11.3 Å². The van der Waals surface area contributed by atoms with Gasteiger partial charge in [-0.2, -0.15) is 0 Å². The molecule has 0 aliphatic carbocycles. The Bertz CT molecular complexity index is 1210. The van der Waals surface area contributed by atoms with Gasteiger partial charge in [0, 0.05) is 28.6 Å². The molecule has 1 atom stereocenters. The summed E-state index contributed by atoms with van der Waals surface area (Å²) in [5, 5.41) is 20.4. The number of benzene rings is 2. The molecule has 0 bridgehead atoms. The van der Waals surface area contributed by atoms with E-state index in [1.54, 1.807) is 19.4 Å². The van der Waals surface area contributed by atoms with Gasteiger partial charge in [0.15, 0.2) is 11.5 Å². The molecule has 7 heteroatoms. The van der Waals surface area contributed by atoms with Gasteiger partial charge in [-0.25, -0.2) is 4.98 Å². The fourth-order valence-corrected chi connectivity index (χ4v) is 3.34. The van der Waals surface area contributed by atoms with Crippen LogP contribution >= 0.6 is 0 Å². The van der Waals surface area contributed by atoms with E-state index in [0.717, 1.165) is 33.3 Å². The molecule has 4 aromatic rings. The number of hydrogen-bond acceptors (Lipinski definition) is 7. The number of pyridine rings is 2. The molecule has 0 amide bonds. The van der Waals surface area contributed by atoms with Gasteiger partial charge in [-0.1, -0.05) is 18.2 Å². The van der Waals surface area contributed by atoms with Gasteiger partial charge in [0.25, 0.3) is 0 Å². The molecule has 0 spiro atoms. The number of hydrogen-bond donors (Lipinski definition) is 2. The maximum atomic E-state index is 9.55. The highest BCUT2D eigenvalue weighted by molar-refractivity contribution is 5.85. The third-order valence-electron chi connectivity index (χ3n) is 5.01. The van der Waals surface area contributed by atoms with Crippen LogP contribution in [-0.4, -0.2) is 46.6 Å². The summed E-state index contributed by atoms with van der Waals surface area (Å²) in [7, 11) is 1.55. The number of aliphatic hydroxyl groups excluding tert-OH is 2. The molecule has 2 heterocycles. The van der Waals surface area contributed by atoms with Crippen molar-refractivity contribution in [3.05, 3.63) is 66.0 Å². The minimum atomic E-state index is -0.966. The Hall–Kier alpha value is -3.42. The van der Waals surface area contributed by atoms with Crippen LogP contribution in [0.5, 0.6) is 17.2 Å². The average Bonchev–Trinajstić information content (AvgIpc) is 2.80. The lowest BCUT2D eigenvalue weighted by molar-refractivity contribution is 0.0528. The van der Waals surface area contributed by atoms with Gasteiger partial charge in [0.05, 0.1) is 30.4 Å². The van der Waals surface area contributed by atoms with E-state index in [0.29, 0.717) is 23.6 Å². The van der Waals surface area contributed by atoms with Crippen molar-refractivity contribution in [1.29, 1.82) is 0 Å². The number of methoxy groups -OCH3 is 1. The smallest absolute Gasteiger partial charge is 0.163 e. The van der Waals surface area contributed by atoms with Crippen molar-refractivity contribution in [2.75, 3.05) is 20.3 Å². The van der Waals surface area contributed by atoms with Crippen molar-refractivity contribution < 1.29 is 24.4 Å². The summed E-state index contributed by atoms with van der Waals surface area (Å²) in [6.07, 6.45) is 0.748. The third-order valence-corrected chi connectivity index (χ3v) is 5.01. The van der Waals surface area contributed by atoms with Crippen molar-refractivity contribution in [3.63, 3.8) is 0 Å². The maximum Gasteiger partial charge on any atom is 0.163 e. The first-order valence-corrected chi connectivity index (χ1v) is 9.95. The maximum absolute atomic E-state index is 9.55. The summed E-state index contributed by atoms with van der Waals surface area (Å²) in [4.78, 5) is 9.04. The standard InChI is InChI=1S/C24H24N2O5/c1-15-22(9-16-5-3-4-6-20(16)26-15)30-13-17-7-8-25-21-11-24(31-14-18(28)12-27)23(29-2)10-19(17)21/h3-11,18,27-28H,12-14H2,1-2H3. The van der Waals surface area contributed by atoms with Crippen molar-refractivity contribution in [1.82, 2.24) is 9.97 Å². The molecule has 0 aliphatic heterocycles. The summed E-state index contributed by atoms with van der Waals surface area (Å²) in [5.41, 5.74) is 3.42. The molecule has 1 unspecified atom stereocenters. The van der Waals surface area contributed by atoms with E-state index < -0.39 is 6.10 Å². The van der Waals surface area contributed by atoms with Crippen molar-refractivity contribution >= 4 is 21.8 Å². The second-order valence-corrected chi connectivity index (χ2v) is 7.19. The van der Waals surface area contributed by atoms with Crippen LogP contribution in [0.15, 0.2) is 54.7 Å². The fraction of sp³-hybridized carbons (Fsp3) is 0.250. The molecule has 2 aromatic heterocycles. The van der Waals surface area contributed by atoms with E-state index in [4.69, 9.17) is 19.3 Å². The number of ether oxygens (including phenoxy) is 3. The summed E-state index contributed by atoms with van der Waals surface area (Å²) in [5.74, 6) is 1.69. The number of nitrogens with zero attached hydrogens (tertiary/aromatic N) is 2. The number of aryl methyl sites for hydroxylation is 1. The predicted octanol–water partition coefficient (Wildman–Crippen LogP) is 3.41. The number of para-hydroxylation sites is 1. The molecule has 4 rings (SSSR count). The molecular weight excluding hydrogens is 396 g/mol. The van der Waals surface area contributed by atoms with E-state index >= 15 is 0 Å². The van der Waals surface area contributed by atoms with Crippen LogP contribution in [0.4, 0.5) is 0 Å². The zero-order valence-electron chi connectivity index (χ0n) is 17.4. The lowest BCUT2D eigenvalue weighted by Crippen LogP contribution is -2.21. The third kappa shape index (κ3) is 4.52. The molecule has 0 saturated heterocycles. The molecular formula is C24H24N2O5. The number of rotatable bonds is 8. The van der Waals surface area contributed by atoms with Gasteiger partial charge in [0.2, 0.25) is 0 Å². The zero-order valence-corrected chi connectivity index (χ0v) is 17.4. The monoisotopic (exact) mass is 420 g/mol. The van der Waals surface area contributed by atoms with Gasteiger partial charge in [-0.15, -0.1) is 0 Å². The largest absolute Gasteiger partial charge is 0.493 e. The SMILES string of the molecule is COc1cc2c(COc3cc4ccccc4nc3C)ccnc2cc1OCC(O)CO. The molecule has 0 fully saturated rings. The Labute approximate surface area is 179 Å². The normalized spacial score (nSPS) is 12.1. The van der Waals surface area contributed by atoms with Gasteiger partial charge in [0.1, 0.15) is 25.1 Å². The highest BCUT2D eigenvalue weighted by Gasteiger charge is 2.13. The highest BCUT2D eigenvalue weighted by Crippen LogP contribution is 2.33. The fourth-order valence-electron chi connectivity index (χ4n) is 3.34. The first kappa shape index (κ1) is 20.8. The Kier molecular flexibility index (Phi) is 6.16. The average molecular weight is 420 g/mol. The van der Waals surface area contributed by atoms with Gasteiger partial charge < -0.3 is 24.4 Å². The van der Waals surface area contributed by atoms with Gasteiger partial charge in [-0.3, -0.25) is 4.98 Å². The Morgan fingerprint density at radius 3 is 2.61 bits per heavy atom. The minimum Gasteiger partial charge on any atom is -0.493 e. The van der Waals surface area contributed by atoms with E-state index in [9.17, 15) is 5.11 Å². The minimum absolute atomic E-state index is 0.0462. The molecule has 0 aliphatic rings. The Morgan fingerprint density at radius 2 is 1.81 bits per heavy atom. The molecule has 7 nitrogen and oxygen atoms in total. The Morgan fingerprint density at radius 1 is 0.968 bits per heavy atom. The second-order valence-electron chi connectivity index (χ2n) is 7.19. The summed E-state index contributed by atoms with van der Waals surface area (Å²) in [6, 6.07) is 15.4. The van der Waals surface area contributed by atoms with Crippen LogP contribution in [0.25, 0.3) is 21.8 Å². The summed E-state index contributed by atoms with van der Waals surface area (Å²) in [6.45, 7) is 1.85. The zero-order chi connectivity index (χ0) is 21.8. The number of fused-ring (bicyclic) bond motifs is 2. The quantitative estimate of drug-likeness (QED) is 0.451. The van der Waals surface area contributed by atoms with Crippen molar-refractivity contribution in [2.24, 2.45) is 0 Å². The summed E-state index contributed by atoms with van der Waals surface area (Å²) < 4.78 is 17.2. The molecule has 160 valence electrons. The molecule has 0 saturated carbocycles. The lowest BCUT2D eigenvalue weighted by atomic mass is 10.1. The first-order chi connectivity index (χ1) is 15.1. The number of aliphatic hydroxyl groups is 2. The highest BCUT2D eigenvalue weighted by atomic mass is 16.5. The van der Waals surface area contributed by atoms with Crippen molar-refractivity contribution in [3.8, 4) is 17.2 Å². The van der Waals surface area contributed by atoms with E-state index in [1.807, 2.05) is 49.4 Å². The topological polar surface area (TPSA) is 93.9 Å². The van der Waals surface area contributed by atoms with E-state index in [1.165, 1.54) is 0 Å². The first-order valence-electron chi connectivity index (χ1n) is 9.95. The van der Waals surface area contributed by atoms with E-state index in [-0.39, 0.29) is 13.2 Å². The van der Waals surface area contributed by atoms with Crippen LogP contribution in [0, 0.1) is 6.92 Å². The van der Waals surface area contributed by atoms with Gasteiger partial charge >= 0.3 is 0 Å². The Balaban J connectivity index is 1.61. The van der Waals surface area contributed by atoms with Crippen LogP contribution < -0.4 is 14.2 Å². The molecule has 2 aromatic carbocycles. The van der Waals surface area contributed by atoms with Crippen LogP contribution in [0.2, 0.25) is 0 Å².